The van der Waals surface area contributed by atoms with Crippen molar-refractivity contribution in [2.24, 2.45) is 0 Å². The van der Waals surface area contributed by atoms with Gasteiger partial charge < -0.3 is 10.1 Å². The molecule has 4 aromatic rings. The highest BCUT2D eigenvalue weighted by molar-refractivity contribution is 5.93. The van der Waals surface area contributed by atoms with E-state index in [-0.39, 0.29) is 6.10 Å². The monoisotopic (exact) mass is 368 g/mol. The fraction of sp³-hybridized carbons (Fsp3) is 0.174. The number of ether oxygens (including phenoxy) is 1. The number of pyridine rings is 1. The third-order valence-corrected chi connectivity index (χ3v) is 5.10. The third kappa shape index (κ3) is 3.27. The van der Waals surface area contributed by atoms with E-state index < -0.39 is 0 Å². The van der Waals surface area contributed by atoms with Crippen LogP contribution in [0.1, 0.15) is 16.8 Å². The van der Waals surface area contributed by atoms with Crippen LogP contribution < -0.4 is 10.1 Å². The van der Waals surface area contributed by atoms with Gasteiger partial charge >= 0.3 is 0 Å². The first-order valence-electron chi connectivity index (χ1n) is 9.48. The molecule has 1 unspecified atom stereocenters. The first kappa shape index (κ1) is 16.7. The SMILES string of the molecule is c1ccc2c(c1)CC(CNc1nnc(Cc3ccncc3)c3ccccc13)O2. The van der Waals surface area contributed by atoms with Crippen molar-refractivity contribution in [1.29, 1.82) is 0 Å². The zero-order chi connectivity index (χ0) is 18.8. The van der Waals surface area contributed by atoms with Gasteiger partial charge in [-0.2, -0.15) is 5.10 Å². The number of nitrogens with one attached hydrogen (secondary N) is 1. The number of fused-ring (bicyclic) bond motifs is 2. The van der Waals surface area contributed by atoms with Crippen molar-refractivity contribution in [3.8, 4) is 5.75 Å². The Bertz CT molecular complexity index is 1090. The topological polar surface area (TPSA) is 59.9 Å². The maximum absolute atomic E-state index is 6.03. The molecule has 138 valence electrons. The summed E-state index contributed by atoms with van der Waals surface area (Å²) in [5.41, 5.74) is 3.40. The van der Waals surface area contributed by atoms with Crippen LogP contribution in [0.25, 0.3) is 10.8 Å². The molecule has 5 rings (SSSR count). The Morgan fingerprint density at radius 2 is 1.68 bits per heavy atom. The van der Waals surface area contributed by atoms with Gasteiger partial charge in [0.15, 0.2) is 5.82 Å². The number of hydrogen-bond donors (Lipinski definition) is 1. The molecule has 2 aromatic heterocycles. The summed E-state index contributed by atoms with van der Waals surface area (Å²) in [6, 6.07) is 20.5. The minimum atomic E-state index is 0.106. The molecule has 0 aliphatic carbocycles. The molecule has 0 amide bonds. The van der Waals surface area contributed by atoms with E-state index in [1.807, 2.05) is 36.4 Å². The van der Waals surface area contributed by atoms with E-state index in [2.05, 4.69) is 44.8 Å². The van der Waals surface area contributed by atoms with Crippen molar-refractivity contribution in [3.05, 3.63) is 89.9 Å². The maximum Gasteiger partial charge on any atom is 0.156 e. The van der Waals surface area contributed by atoms with E-state index in [1.54, 1.807) is 12.4 Å². The van der Waals surface area contributed by atoms with E-state index in [1.165, 1.54) is 11.1 Å². The highest BCUT2D eigenvalue weighted by Crippen LogP contribution is 2.29. The van der Waals surface area contributed by atoms with Crippen molar-refractivity contribution >= 4 is 16.6 Å². The summed E-state index contributed by atoms with van der Waals surface area (Å²) < 4.78 is 6.03. The largest absolute Gasteiger partial charge is 0.488 e. The Morgan fingerprint density at radius 3 is 2.54 bits per heavy atom. The summed E-state index contributed by atoms with van der Waals surface area (Å²) in [5.74, 6) is 1.78. The van der Waals surface area contributed by atoms with Gasteiger partial charge in [-0.25, -0.2) is 0 Å². The van der Waals surface area contributed by atoms with Gasteiger partial charge in [0, 0.05) is 36.0 Å². The van der Waals surface area contributed by atoms with Gasteiger partial charge in [-0.05, 0) is 29.3 Å². The number of rotatable bonds is 5. The molecule has 3 heterocycles. The average Bonchev–Trinajstić information content (AvgIpc) is 3.17. The van der Waals surface area contributed by atoms with Crippen molar-refractivity contribution in [2.45, 2.75) is 18.9 Å². The van der Waals surface area contributed by atoms with Crippen LogP contribution in [0.5, 0.6) is 5.75 Å². The number of benzene rings is 2. The molecule has 1 aliphatic heterocycles. The number of nitrogens with zero attached hydrogens (tertiary/aromatic N) is 3. The van der Waals surface area contributed by atoms with Crippen LogP contribution in [-0.4, -0.2) is 27.8 Å². The van der Waals surface area contributed by atoms with Crippen LogP contribution in [0.2, 0.25) is 0 Å². The summed E-state index contributed by atoms with van der Waals surface area (Å²) >= 11 is 0. The van der Waals surface area contributed by atoms with Gasteiger partial charge in [0.05, 0.1) is 12.2 Å². The molecular weight excluding hydrogens is 348 g/mol. The molecule has 5 nitrogen and oxygen atoms in total. The number of para-hydroxylation sites is 1. The fourth-order valence-corrected chi connectivity index (χ4v) is 3.69. The van der Waals surface area contributed by atoms with Crippen molar-refractivity contribution in [2.75, 3.05) is 11.9 Å². The van der Waals surface area contributed by atoms with E-state index >= 15 is 0 Å². The lowest BCUT2D eigenvalue weighted by atomic mass is 10.0. The summed E-state index contributed by atoms with van der Waals surface area (Å²) in [6.07, 6.45) is 5.36. The molecule has 1 atom stereocenters. The van der Waals surface area contributed by atoms with E-state index in [9.17, 15) is 0 Å². The lowest BCUT2D eigenvalue weighted by Gasteiger charge is -2.14. The standard InChI is InChI=1S/C23H20N4O/c1-4-8-22-17(5-1)14-18(28-22)15-25-23-20-7-3-2-6-19(20)21(26-27-23)13-16-9-11-24-12-10-16/h1-12,18H,13-15H2,(H,25,27). The molecule has 0 saturated heterocycles. The normalized spacial score (nSPS) is 15.2. The molecule has 0 fully saturated rings. The molecule has 0 radical (unpaired) electrons. The van der Waals surface area contributed by atoms with Crippen molar-refractivity contribution in [3.63, 3.8) is 0 Å². The second-order valence-corrected chi connectivity index (χ2v) is 7.01. The predicted octanol–water partition coefficient (Wildman–Crippen LogP) is 4.03. The summed E-state index contributed by atoms with van der Waals surface area (Å²) in [6.45, 7) is 0.692. The zero-order valence-corrected chi connectivity index (χ0v) is 15.4. The second-order valence-electron chi connectivity index (χ2n) is 7.01. The number of aromatic nitrogens is 3. The van der Waals surface area contributed by atoms with Gasteiger partial charge in [0.25, 0.3) is 0 Å². The Labute approximate surface area is 163 Å². The van der Waals surface area contributed by atoms with Crippen LogP contribution >= 0.6 is 0 Å². The zero-order valence-electron chi connectivity index (χ0n) is 15.4. The van der Waals surface area contributed by atoms with Crippen LogP contribution in [0.4, 0.5) is 5.82 Å². The van der Waals surface area contributed by atoms with Crippen molar-refractivity contribution in [1.82, 2.24) is 15.2 Å². The third-order valence-electron chi connectivity index (χ3n) is 5.10. The predicted molar refractivity (Wildman–Crippen MR) is 110 cm³/mol. The van der Waals surface area contributed by atoms with Crippen LogP contribution in [-0.2, 0) is 12.8 Å². The molecule has 1 aliphatic rings. The Hall–Kier alpha value is -3.47. The molecule has 0 bridgehead atoms. The Balaban J connectivity index is 1.37. The quantitative estimate of drug-likeness (QED) is 0.576. The highest BCUT2D eigenvalue weighted by atomic mass is 16.5. The van der Waals surface area contributed by atoms with E-state index in [0.717, 1.165) is 40.9 Å². The molecule has 5 heteroatoms. The van der Waals surface area contributed by atoms with E-state index in [4.69, 9.17) is 4.74 Å². The molecule has 0 spiro atoms. The molecule has 0 saturated carbocycles. The number of hydrogen-bond acceptors (Lipinski definition) is 5. The number of anilines is 1. The van der Waals surface area contributed by atoms with Crippen LogP contribution in [0.3, 0.4) is 0 Å². The smallest absolute Gasteiger partial charge is 0.156 e. The molecule has 28 heavy (non-hydrogen) atoms. The van der Waals surface area contributed by atoms with Crippen LogP contribution in [0.15, 0.2) is 73.1 Å². The molecular formula is C23H20N4O. The van der Waals surface area contributed by atoms with Gasteiger partial charge in [-0.3, -0.25) is 4.98 Å². The Morgan fingerprint density at radius 1 is 0.893 bits per heavy atom. The summed E-state index contributed by atoms with van der Waals surface area (Å²) in [4.78, 5) is 4.08. The van der Waals surface area contributed by atoms with Gasteiger partial charge in [0.1, 0.15) is 11.9 Å². The summed E-state index contributed by atoms with van der Waals surface area (Å²) in [7, 11) is 0. The van der Waals surface area contributed by atoms with Crippen LogP contribution in [0, 0.1) is 0 Å². The van der Waals surface area contributed by atoms with Gasteiger partial charge in [0.2, 0.25) is 0 Å². The average molecular weight is 368 g/mol. The summed E-state index contributed by atoms with van der Waals surface area (Å²) in [5, 5.41) is 14.6. The Kier molecular flexibility index (Phi) is 4.33. The molecule has 1 N–H and O–H groups in total. The fourth-order valence-electron chi connectivity index (χ4n) is 3.69. The minimum absolute atomic E-state index is 0.106. The minimum Gasteiger partial charge on any atom is -0.488 e. The maximum atomic E-state index is 6.03. The lowest BCUT2D eigenvalue weighted by Crippen LogP contribution is -2.24. The van der Waals surface area contributed by atoms with E-state index in [0.29, 0.717) is 6.54 Å². The lowest BCUT2D eigenvalue weighted by molar-refractivity contribution is 0.246. The molecule has 2 aromatic carbocycles. The van der Waals surface area contributed by atoms with Gasteiger partial charge in [-0.1, -0.05) is 42.5 Å². The first-order chi connectivity index (χ1) is 13.9. The van der Waals surface area contributed by atoms with Crippen molar-refractivity contribution < 1.29 is 4.74 Å². The second kappa shape index (κ2) is 7.27. The first-order valence-corrected chi connectivity index (χ1v) is 9.48. The highest BCUT2D eigenvalue weighted by Gasteiger charge is 2.22. The van der Waals surface area contributed by atoms with Gasteiger partial charge in [-0.15, -0.1) is 5.10 Å².